The molecule has 1 aliphatic carbocycles. The molecule has 8 aromatic rings. The van der Waals surface area contributed by atoms with Crippen molar-refractivity contribution in [3.63, 3.8) is 0 Å². The second-order valence-corrected chi connectivity index (χ2v) is 43.6. The highest BCUT2D eigenvalue weighted by atomic mass is 32.1. The number of benzene rings is 3. The van der Waals surface area contributed by atoms with Crippen molar-refractivity contribution >= 4 is 38.8 Å². The average Bonchev–Trinajstić information content (AvgIpc) is 1.75. The minimum Gasteiger partial charge on any atom is -0.473 e. The molecule has 1 aliphatic rings. The van der Waals surface area contributed by atoms with Gasteiger partial charge in [0.1, 0.15) is 6.26 Å². The maximum Gasteiger partial charge on any atom is 0.123 e. The van der Waals surface area contributed by atoms with E-state index in [1.54, 1.807) is 59.9 Å². The van der Waals surface area contributed by atoms with E-state index in [2.05, 4.69) is 430 Å². The van der Waals surface area contributed by atoms with Gasteiger partial charge in [0.15, 0.2) is 0 Å². The van der Waals surface area contributed by atoms with Gasteiger partial charge in [-0.3, -0.25) is 4.98 Å². The van der Waals surface area contributed by atoms with E-state index in [0.717, 1.165) is 47.8 Å². The number of pyridine rings is 1. The number of furan rings is 1. The zero-order valence-corrected chi connectivity index (χ0v) is 83.0. The van der Waals surface area contributed by atoms with Crippen LogP contribution in [0.1, 0.15) is 350 Å². The molecule has 0 amide bonds. The molecule has 0 saturated carbocycles. The van der Waals surface area contributed by atoms with Gasteiger partial charge in [-0.1, -0.05) is 454 Å². The Kier molecular flexibility index (Phi) is 101. The largest absolute Gasteiger partial charge is 0.473 e. The second-order valence-electron chi connectivity index (χ2n) is 41.8. The summed E-state index contributed by atoms with van der Waals surface area (Å²) in [5.41, 5.74) is 6.34. The maximum absolute atomic E-state index is 4.58. The van der Waals surface area contributed by atoms with Crippen LogP contribution in [0.4, 0.5) is 0 Å². The summed E-state index contributed by atoms with van der Waals surface area (Å²) in [7, 11) is 0. The summed E-state index contributed by atoms with van der Waals surface area (Å²) < 4.78 is 10.3. The highest BCUT2D eigenvalue weighted by molar-refractivity contribution is 7.17. The van der Waals surface area contributed by atoms with E-state index in [4.69, 9.17) is 0 Å². The Morgan fingerprint density at radius 3 is 0.759 bits per heavy atom. The normalized spacial score (nSPS) is 10.2. The van der Waals surface area contributed by atoms with Gasteiger partial charge in [0.25, 0.3) is 0 Å². The standard InChI is InChI=1S/C9H8.C8H6S.C6H6.C5H5N.7C5H12.C4H4O.C4H4S.7C4H10.C3H3NO/c1-2-5-9-7-3-6-8(9)4-1;1-2-4-8-7(3-1)5-6-9-8;2*1-2-4-6-5-3-1;7*1-5(2,3)4;2*1-2-4-5-3-1;7*1-4(2)3;1-2-4-5-3-1/h1-6H,7H2;1-6H;1-6H;1-5H;7*1-4H3;2*1-4H;7*4H,1-3H3;1-3H. The first-order valence-electron chi connectivity index (χ1n) is 40.4. The number of hydrogen-bond acceptors (Lipinski definition) is 6. The van der Waals surface area contributed by atoms with E-state index in [0.29, 0.717) is 37.9 Å². The summed E-state index contributed by atoms with van der Waals surface area (Å²) in [4.78, 5) is 3.78. The van der Waals surface area contributed by atoms with Crippen LogP contribution in [0.5, 0.6) is 0 Å². The van der Waals surface area contributed by atoms with Gasteiger partial charge in [0.05, 0.1) is 18.7 Å². The number of allylic oxidation sites excluding steroid dienone is 1. The van der Waals surface area contributed by atoms with Crippen molar-refractivity contribution in [2.45, 2.75) is 346 Å². The Bertz CT molecular complexity index is 2280. The fraction of sp³-hybridized carbons (Fsp3) is 0.627. The SMILES string of the molecule is C1=Cc2ccccc2C1.CC(C)(C)C.CC(C)(C)C.CC(C)(C)C.CC(C)(C)C.CC(C)(C)C.CC(C)(C)C.CC(C)(C)C.CC(C)C.CC(C)C.CC(C)C.CC(C)C.CC(C)C.CC(C)C.CC(C)C.c1ccc2sccc2c1.c1ccccc1.c1ccncc1.c1ccoc1.c1ccsc1.c1cnoc1. The molecule has 4 nitrogen and oxygen atoms in total. The van der Waals surface area contributed by atoms with Gasteiger partial charge in [-0.25, -0.2) is 0 Å². The maximum atomic E-state index is 4.58. The van der Waals surface area contributed by atoms with Crippen LogP contribution in [0.3, 0.4) is 0 Å². The van der Waals surface area contributed by atoms with Crippen LogP contribution in [0, 0.1) is 79.3 Å². The van der Waals surface area contributed by atoms with Gasteiger partial charge in [0.2, 0.25) is 0 Å². The van der Waals surface area contributed by atoms with Crippen LogP contribution in [0.15, 0.2) is 208 Å². The zero-order chi connectivity index (χ0) is 87.8. The van der Waals surface area contributed by atoms with Crippen LogP contribution in [-0.2, 0) is 6.42 Å². The molecule has 0 saturated heterocycles. The summed E-state index contributed by atoms with van der Waals surface area (Å²) in [5.74, 6) is 5.83. The highest BCUT2D eigenvalue weighted by Crippen LogP contribution is 2.20. The average molecular weight is 1540 g/mol. The summed E-state index contributed by atoms with van der Waals surface area (Å²) >= 11 is 3.50. The number of thiophene rings is 2. The molecule has 5 aromatic heterocycles. The first kappa shape index (κ1) is 129. The Hall–Kier alpha value is -5.30. The van der Waals surface area contributed by atoms with Crippen LogP contribution >= 0.6 is 22.7 Å². The van der Waals surface area contributed by atoms with E-state index in [-0.39, 0.29) is 0 Å². The predicted octanol–water partition coefficient (Wildman–Crippen LogP) is 37.6. The van der Waals surface area contributed by atoms with Gasteiger partial charge in [-0.15, -0.1) is 11.3 Å². The van der Waals surface area contributed by atoms with Gasteiger partial charge in [-0.2, -0.15) is 11.3 Å². The van der Waals surface area contributed by atoms with Crippen molar-refractivity contribution in [1.29, 1.82) is 0 Å². The van der Waals surface area contributed by atoms with Crippen LogP contribution < -0.4 is 0 Å². The third-order valence-electron chi connectivity index (χ3n) is 5.48. The van der Waals surface area contributed by atoms with E-state index in [1.165, 1.54) is 27.5 Å². The van der Waals surface area contributed by atoms with E-state index < -0.39 is 0 Å². The van der Waals surface area contributed by atoms with Crippen molar-refractivity contribution in [2.24, 2.45) is 79.3 Å². The number of fused-ring (bicyclic) bond motifs is 2. The van der Waals surface area contributed by atoms with Crippen LogP contribution in [0.2, 0.25) is 0 Å². The third-order valence-corrected chi connectivity index (χ3v) is 7.01. The summed E-state index contributed by atoms with van der Waals surface area (Å²) in [6, 6.07) is 46.2. The Morgan fingerprint density at radius 2 is 0.565 bits per heavy atom. The molecule has 5 heterocycles. The van der Waals surface area contributed by atoms with Gasteiger partial charge in [-0.05, 0) is 161 Å². The molecule has 632 valence electrons. The molecule has 0 aliphatic heterocycles. The van der Waals surface area contributed by atoms with E-state index in [1.807, 2.05) is 89.6 Å². The van der Waals surface area contributed by atoms with Crippen molar-refractivity contribution in [3.8, 4) is 0 Å². The van der Waals surface area contributed by atoms with Crippen LogP contribution in [-0.4, -0.2) is 10.1 Å². The molecular formula is C102H190N2O2S2. The summed E-state index contributed by atoms with van der Waals surface area (Å²) in [6.45, 7) is 107. The predicted molar refractivity (Wildman–Crippen MR) is 511 cm³/mol. The second kappa shape index (κ2) is 84.2. The first-order valence-corrected chi connectivity index (χ1v) is 42.2. The molecule has 9 rings (SSSR count). The van der Waals surface area contributed by atoms with E-state index in [9.17, 15) is 0 Å². The molecular weight excluding hydrogens is 1350 g/mol. The number of rotatable bonds is 0. The zero-order valence-electron chi connectivity index (χ0n) is 81.4. The lowest BCUT2D eigenvalue weighted by molar-refractivity contribution is 0.420. The van der Waals surface area contributed by atoms with Gasteiger partial charge in [0, 0.05) is 17.1 Å². The molecule has 6 heteroatoms. The molecule has 0 unspecified atom stereocenters. The molecule has 108 heavy (non-hydrogen) atoms. The van der Waals surface area contributed by atoms with Gasteiger partial charge < -0.3 is 8.94 Å². The lowest BCUT2D eigenvalue weighted by atomic mass is 10.0. The quantitative estimate of drug-likeness (QED) is 0.152. The lowest BCUT2D eigenvalue weighted by Crippen LogP contribution is -1.93. The first-order chi connectivity index (χ1) is 48.6. The molecule has 0 atom stereocenters. The molecule has 0 fully saturated rings. The summed E-state index contributed by atoms with van der Waals surface area (Å²) in [6.07, 6.45) is 15.3. The molecule has 0 N–H and O–H groups in total. The Morgan fingerprint density at radius 1 is 0.287 bits per heavy atom. The highest BCUT2D eigenvalue weighted by Gasteiger charge is 2.01. The summed E-state index contributed by atoms with van der Waals surface area (Å²) in [5, 5.41) is 10.9. The lowest BCUT2D eigenvalue weighted by Gasteiger charge is -2.05. The van der Waals surface area contributed by atoms with Crippen molar-refractivity contribution in [1.82, 2.24) is 10.1 Å². The molecule has 0 radical (unpaired) electrons. The topological polar surface area (TPSA) is 52.1 Å². The minimum absolute atomic E-state index is 0.500. The van der Waals surface area contributed by atoms with Crippen molar-refractivity contribution < 1.29 is 8.94 Å². The fourth-order valence-electron chi connectivity index (χ4n) is 3.43. The fourth-order valence-corrected chi connectivity index (χ4v) is 4.67. The monoisotopic (exact) mass is 1540 g/mol. The number of nitrogens with zero attached hydrogens (tertiary/aromatic N) is 2. The molecule has 0 bridgehead atoms. The molecule has 3 aromatic carbocycles. The van der Waals surface area contributed by atoms with E-state index >= 15 is 0 Å². The third kappa shape index (κ3) is 323. The van der Waals surface area contributed by atoms with Crippen molar-refractivity contribution in [3.05, 3.63) is 210 Å². The Labute approximate surface area is 688 Å². The smallest absolute Gasteiger partial charge is 0.123 e. The number of aromatic nitrogens is 2. The van der Waals surface area contributed by atoms with Crippen LogP contribution in [0.25, 0.3) is 16.2 Å². The number of hydrogen-bond donors (Lipinski definition) is 0. The van der Waals surface area contributed by atoms with Crippen molar-refractivity contribution in [2.75, 3.05) is 0 Å². The Balaban J connectivity index is -0.0000000902. The molecule has 0 spiro atoms. The van der Waals surface area contributed by atoms with Gasteiger partial charge >= 0.3 is 0 Å². The minimum atomic E-state index is 0.500.